The van der Waals surface area contributed by atoms with Gasteiger partial charge < -0.3 is 10.1 Å². The number of aromatic nitrogens is 1. The number of amides is 1. The second-order valence-corrected chi connectivity index (χ2v) is 10.4. The summed E-state index contributed by atoms with van der Waals surface area (Å²) in [6.45, 7) is 12.9. The van der Waals surface area contributed by atoms with Gasteiger partial charge in [-0.15, -0.1) is 11.3 Å². The predicted octanol–water partition coefficient (Wildman–Crippen LogP) is 5.05. The van der Waals surface area contributed by atoms with Crippen LogP contribution in [-0.4, -0.2) is 35.0 Å². The minimum atomic E-state index is -0.403. The molecular weight excluding hydrogens is 394 g/mol. The Kier molecular flexibility index (Phi) is 7.53. The van der Waals surface area contributed by atoms with Gasteiger partial charge in [0.25, 0.3) is 0 Å². The zero-order chi connectivity index (χ0) is 21.7. The molecule has 0 bridgehead atoms. The van der Waals surface area contributed by atoms with Gasteiger partial charge in [-0.05, 0) is 63.4 Å². The monoisotopic (exact) mass is 429 g/mol. The molecule has 1 aromatic heterocycles. The molecule has 1 aliphatic heterocycles. The van der Waals surface area contributed by atoms with Crippen LogP contribution in [0.4, 0.5) is 0 Å². The number of nitrogens with zero attached hydrogens (tertiary/aromatic N) is 2. The third kappa shape index (κ3) is 6.29. The summed E-state index contributed by atoms with van der Waals surface area (Å²) in [6, 6.07) is 8.41. The summed E-state index contributed by atoms with van der Waals surface area (Å²) >= 11 is 1.63. The molecule has 2 heterocycles. The van der Waals surface area contributed by atoms with E-state index in [1.54, 1.807) is 11.3 Å². The van der Waals surface area contributed by atoms with E-state index in [1.165, 1.54) is 5.56 Å². The van der Waals surface area contributed by atoms with Gasteiger partial charge in [-0.2, -0.15) is 0 Å². The number of thiazole rings is 1. The van der Waals surface area contributed by atoms with E-state index < -0.39 is 5.41 Å². The fourth-order valence-corrected chi connectivity index (χ4v) is 4.60. The van der Waals surface area contributed by atoms with Crippen LogP contribution in [0.1, 0.15) is 64.1 Å². The van der Waals surface area contributed by atoms with Crippen molar-refractivity contribution in [1.82, 2.24) is 15.2 Å². The van der Waals surface area contributed by atoms with E-state index in [0.717, 1.165) is 43.2 Å². The van der Waals surface area contributed by atoms with Crippen LogP contribution in [0.5, 0.6) is 5.75 Å². The zero-order valence-corrected chi connectivity index (χ0v) is 19.7. The van der Waals surface area contributed by atoms with E-state index in [-0.39, 0.29) is 18.1 Å². The van der Waals surface area contributed by atoms with Gasteiger partial charge in [-0.3, -0.25) is 9.69 Å². The standard InChI is InChI=1S/C24H35N3O2S/c1-17(2)29-20-8-6-7-18(15-20)16-27-12-9-19(10-13-27)21(22-25-11-14-30-22)26-23(28)24(3,4)5/h6-8,11,14-15,17,19,21H,9-10,12-13,16H2,1-5H3,(H,26,28). The van der Waals surface area contributed by atoms with Crippen LogP contribution in [0.25, 0.3) is 0 Å². The lowest BCUT2D eigenvalue weighted by Crippen LogP contribution is -2.43. The Morgan fingerprint density at radius 3 is 2.63 bits per heavy atom. The average Bonchev–Trinajstić information content (AvgIpc) is 3.20. The molecule has 0 radical (unpaired) electrons. The molecule has 3 rings (SSSR count). The van der Waals surface area contributed by atoms with Crippen LogP contribution in [0.2, 0.25) is 0 Å². The third-order valence-corrected chi connectivity index (χ3v) is 6.32. The van der Waals surface area contributed by atoms with Gasteiger partial charge >= 0.3 is 0 Å². The number of nitrogens with one attached hydrogen (secondary N) is 1. The Labute approximate surface area is 184 Å². The largest absolute Gasteiger partial charge is 0.491 e. The number of piperidine rings is 1. The Bertz CT molecular complexity index is 806. The van der Waals surface area contributed by atoms with Crippen molar-refractivity contribution in [3.8, 4) is 5.75 Å². The molecule has 1 atom stereocenters. The summed E-state index contributed by atoms with van der Waals surface area (Å²) in [7, 11) is 0. The second-order valence-electron chi connectivity index (χ2n) is 9.50. The van der Waals surface area contributed by atoms with Crippen LogP contribution in [0, 0.1) is 11.3 Å². The first kappa shape index (κ1) is 22.8. The van der Waals surface area contributed by atoms with Gasteiger partial charge in [0.2, 0.25) is 5.91 Å². The first-order valence-electron chi connectivity index (χ1n) is 10.9. The summed E-state index contributed by atoms with van der Waals surface area (Å²) in [5, 5.41) is 6.30. The molecule has 0 saturated carbocycles. The van der Waals surface area contributed by atoms with Crippen molar-refractivity contribution < 1.29 is 9.53 Å². The highest BCUT2D eigenvalue weighted by atomic mass is 32.1. The highest BCUT2D eigenvalue weighted by Crippen LogP contribution is 2.33. The maximum Gasteiger partial charge on any atom is 0.225 e. The minimum absolute atomic E-state index is 0.00152. The lowest BCUT2D eigenvalue weighted by Gasteiger charge is -2.36. The lowest BCUT2D eigenvalue weighted by atomic mass is 9.87. The summed E-state index contributed by atoms with van der Waals surface area (Å²) in [5.74, 6) is 1.44. The van der Waals surface area contributed by atoms with Crippen LogP contribution >= 0.6 is 11.3 Å². The molecule has 1 amide bonds. The van der Waals surface area contributed by atoms with Crippen LogP contribution in [-0.2, 0) is 11.3 Å². The lowest BCUT2D eigenvalue weighted by molar-refractivity contribution is -0.129. The van der Waals surface area contributed by atoms with Crippen molar-refractivity contribution in [2.24, 2.45) is 11.3 Å². The summed E-state index contributed by atoms with van der Waals surface area (Å²) in [5.41, 5.74) is 0.878. The van der Waals surface area contributed by atoms with Gasteiger partial charge in [0.1, 0.15) is 10.8 Å². The van der Waals surface area contributed by atoms with Gasteiger partial charge in [0, 0.05) is 23.5 Å². The molecule has 1 unspecified atom stereocenters. The van der Waals surface area contributed by atoms with E-state index >= 15 is 0 Å². The van der Waals surface area contributed by atoms with E-state index in [2.05, 4.69) is 47.2 Å². The fourth-order valence-electron chi connectivity index (χ4n) is 3.82. The Morgan fingerprint density at radius 2 is 2.03 bits per heavy atom. The fraction of sp³-hybridized carbons (Fsp3) is 0.583. The highest BCUT2D eigenvalue weighted by molar-refractivity contribution is 7.09. The summed E-state index contributed by atoms with van der Waals surface area (Å²) in [6.07, 6.45) is 4.12. The first-order chi connectivity index (χ1) is 14.2. The van der Waals surface area contributed by atoms with Crippen molar-refractivity contribution in [3.63, 3.8) is 0 Å². The van der Waals surface area contributed by atoms with Crippen molar-refractivity contribution in [1.29, 1.82) is 0 Å². The number of carbonyl (C=O) groups excluding carboxylic acids is 1. The Hall–Kier alpha value is -1.92. The highest BCUT2D eigenvalue weighted by Gasteiger charge is 2.33. The van der Waals surface area contributed by atoms with Crippen molar-refractivity contribution in [2.45, 2.75) is 66.2 Å². The molecule has 5 nitrogen and oxygen atoms in total. The molecule has 30 heavy (non-hydrogen) atoms. The molecule has 1 N–H and O–H groups in total. The molecule has 0 aliphatic carbocycles. The maximum atomic E-state index is 12.7. The van der Waals surface area contributed by atoms with Gasteiger partial charge in [-0.25, -0.2) is 4.98 Å². The first-order valence-corrected chi connectivity index (χ1v) is 11.8. The van der Waals surface area contributed by atoms with E-state index in [9.17, 15) is 4.79 Å². The van der Waals surface area contributed by atoms with Gasteiger partial charge in [0.15, 0.2) is 0 Å². The number of benzene rings is 1. The molecule has 1 aliphatic rings. The van der Waals surface area contributed by atoms with Crippen molar-refractivity contribution in [3.05, 3.63) is 46.4 Å². The maximum absolute atomic E-state index is 12.7. The van der Waals surface area contributed by atoms with Crippen LogP contribution in [0.15, 0.2) is 35.8 Å². The van der Waals surface area contributed by atoms with Crippen LogP contribution in [0.3, 0.4) is 0 Å². The minimum Gasteiger partial charge on any atom is -0.491 e. The van der Waals surface area contributed by atoms with E-state index in [0.29, 0.717) is 5.92 Å². The normalized spacial score (nSPS) is 17.1. The molecule has 1 aromatic carbocycles. The Balaban J connectivity index is 1.60. The molecule has 164 valence electrons. The number of ether oxygens (including phenoxy) is 1. The summed E-state index contributed by atoms with van der Waals surface area (Å²) in [4.78, 5) is 19.7. The smallest absolute Gasteiger partial charge is 0.225 e. The second kappa shape index (κ2) is 9.92. The number of likely N-dealkylation sites (tertiary alicyclic amines) is 1. The Morgan fingerprint density at radius 1 is 1.30 bits per heavy atom. The predicted molar refractivity (Wildman–Crippen MR) is 123 cm³/mol. The quantitative estimate of drug-likeness (QED) is 0.669. The third-order valence-electron chi connectivity index (χ3n) is 5.47. The molecular formula is C24H35N3O2S. The van der Waals surface area contributed by atoms with E-state index in [4.69, 9.17) is 4.74 Å². The topological polar surface area (TPSA) is 54.5 Å². The average molecular weight is 430 g/mol. The number of rotatable bonds is 7. The van der Waals surface area contributed by atoms with E-state index in [1.807, 2.05) is 38.4 Å². The number of hydrogen-bond acceptors (Lipinski definition) is 5. The SMILES string of the molecule is CC(C)Oc1cccc(CN2CCC(C(NC(=O)C(C)(C)C)c3nccs3)CC2)c1. The molecule has 6 heteroatoms. The molecule has 1 saturated heterocycles. The van der Waals surface area contributed by atoms with Crippen LogP contribution < -0.4 is 10.1 Å². The van der Waals surface area contributed by atoms with Gasteiger partial charge in [-0.1, -0.05) is 32.9 Å². The zero-order valence-electron chi connectivity index (χ0n) is 18.9. The van der Waals surface area contributed by atoms with Crippen molar-refractivity contribution >= 4 is 17.2 Å². The molecule has 0 spiro atoms. The summed E-state index contributed by atoms with van der Waals surface area (Å²) < 4.78 is 5.83. The van der Waals surface area contributed by atoms with Gasteiger partial charge in [0.05, 0.1) is 12.1 Å². The van der Waals surface area contributed by atoms with Crippen molar-refractivity contribution in [2.75, 3.05) is 13.1 Å². The number of hydrogen-bond donors (Lipinski definition) is 1. The number of carbonyl (C=O) groups is 1. The molecule has 1 fully saturated rings. The molecule has 2 aromatic rings.